The van der Waals surface area contributed by atoms with Crippen molar-refractivity contribution >= 4 is 0 Å². The first kappa shape index (κ1) is 8.54. The summed E-state index contributed by atoms with van der Waals surface area (Å²) in [5, 5.41) is 9.54. The van der Waals surface area contributed by atoms with E-state index < -0.39 is 0 Å². The van der Waals surface area contributed by atoms with Crippen LogP contribution in [0.4, 0.5) is 0 Å². The predicted molar refractivity (Wildman–Crippen MR) is 47.3 cm³/mol. The van der Waals surface area contributed by atoms with Crippen LogP contribution in [0, 0.1) is 5.92 Å². The molecule has 1 rings (SSSR count). The molecule has 0 saturated carbocycles. The highest BCUT2D eigenvalue weighted by atomic mass is 16.3. The summed E-state index contributed by atoms with van der Waals surface area (Å²) < 4.78 is 0. The maximum absolute atomic E-state index is 9.54. The molecule has 1 nitrogen and oxygen atoms in total. The van der Waals surface area contributed by atoms with Crippen molar-refractivity contribution in [1.29, 1.82) is 0 Å². The highest BCUT2D eigenvalue weighted by Crippen LogP contribution is 2.20. The van der Waals surface area contributed by atoms with Gasteiger partial charge in [-0.05, 0) is 26.2 Å². The van der Waals surface area contributed by atoms with Crippen LogP contribution in [0.15, 0.2) is 24.3 Å². The van der Waals surface area contributed by atoms with Gasteiger partial charge in [-0.25, -0.2) is 0 Å². The lowest BCUT2D eigenvalue weighted by Crippen LogP contribution is -2.17. The van der Waals surface area contributed by atoms with Gasteiger partial charge in [-0.2, -0.15) is 0 Å². The molecule has 0 fully saturated rings. The number of aliphatic hydroxyl groups excluding tert-OH is 1. The third-order valence-corrected chi connectivity index (χ3v) is 2.12. The van der Waals surface area contributed by atoms with Crippen LogP contribution in [0.5, 0.6) is 0 Å². The van der Waals surface area contributed by atoms with Gasteiger partial charge >= 0.3 is 0 Å². The minimum absolute atomic E-state index is 0.267. The van der Waals surface area contributed by atoms with E-state index in [1.807, 2.05) is 19.1 Å². The zero-order valence-electron chi connectivity index (χ0n) is 7.03. The molecule has 0 spiro atoms. The van der Waals surface area contributed by atoms with E-state index in [0.717, 1.165) is 6.42 Å². The van der Waals surface area contributed by atoms with Gasteiger partial charge in [-0.1, -0.05) is 24.3 Å². The molecule has 0 radical (unpaired) electrons. The van der Waals surface area contributed by atoms with Crippen molar-refractivity contribution in [3.05, 3.63) is 24.3 Å². The second kappa shape index (κ2) is 4.35. The van der Waals surface area contributed by atoms with Gasteiger partial charge in [-0.15, -0.1) is 0 Å². The zero-order chi connectivity index (χ0) is 8.10. The van der Waals surface area contributed by atoms with Gasteiger partial charge in [0.05, 0.1) is 6.10 Å². The number of aliphatic hydroxyl groups is 1. The van der Waals surface area contributed by atoms with Gasteiger partial charge in [0.15, 0.2) is 0 Å². The smallest absolute Gasteiger partial charge is 0.0783 e. The monoisotopic (exact) mass is 152 g/mol. The lowest BCUT2D eigenvalue weighted by Gasteiger charge is -2.19. The van der Waals surface area contributed by atoms with Crippen LogP contribution in [-0.4, -0.2) is 11.2 Å². The fourth-order valence-corrected chi connectivity index (χ4v) is 1.46. The van der Waals surface area contributed by atoms with Crippen LogP contribution in [0.3, 0.4) is 0 Å². The molecular formula is C10H16O. The maximum atomic E-state index is 9.54. The lowest BCUT2D eigenvalue weighted by atomic mass is 9.91. The Morgan fingerprint density at radius 3 is 3.00 bits per heavy atom. The summed E-state index contributed by atoms with van der Waals surface area (Å²) in [6, 6.07) is 0. The van der Waals surface area contributed by atoms with Crippen LogP contribution in [-0.2, 0) is 0 Å². The first-order chi connectivity index (χ1) is 5.34. The molecule has 0 aromatic carbocycles. The third-order valence-electron chi connectivity index (χ3n) is 2.12. The first-order valence-electron chi connectivity index (χ1n) is 4.32. The van der Waals surface area contributed by atoms with Crippen LogP contribution in [0.25, 0.3) is 0 Å². The Bertz CT molecular complexity index is 158. The lowest BCUT2D eigenvalue weighted by molar-refractivity contribution is 0.167. The Morgan fingerprint density at radius 1 is 1.64 bits per heavy atom. The molecule has 1 aliphatic carbocycles. The summed E-state index contributed by atoms with van der Waals surface area (Å²) in [6.45, 7) is 1.94. The summed E-state index contributed by atoms with van der Waals surface area (Å²) in [5.41, 5.74) is 0. The Balaban J connectivity index is 2.45. The van der Waals surface area contributed by atoms with Crippen LogP contribution >= 0.6 is 0 Å². The first-order valence-corrected chi connectivity index (χ1v) is 4.32. The summed E-state index contributed by atoms with van der Waals surface area (Å²) in [6.07, 6.45) is 11.3. The zero-order valence-corrected chi connectivity index (χ0v) is 7.03. The van der Waals surface area contributed by atoms with Gasteiger partial charge in [-0.3, -0.25) is 0 Å². The maximum Gasteiger partial charge on any atom is 0.0783 e. The Hall–Kier alpha value is -0.560. The summed E-state index contributed by atoms with van der Waals surface area (Å²) >= 11 is 0. The molecule has 0 aromatic rings. The molecule has 62 valence electrons. The average molecular weight is 152 g/mol. The molecule has 11 heavy (non-hydrogen) atoms. The Labute approximate surface area is 68.4 Å². The van der Waals surface area contributed by atoms with Crippen LogP contribution in [0.1, 0.15) is 26.2 Å². The predicted octanol–water partition coefficient (Wildman–Crippen LogP) is 2.28. The number of allylic oxidation sites excluding steroid dienone is 2. The number of hydrogen-bond acceptors (Lipinski definition) is 1. The normalized spacial score (nSPS) is 27.6. The van der Waals surface area contributed by atoms with E-state index in [-0.39, 0.29) is 6.10 Å². The van der Waals surface area contributed by atoms with Crippen molar-refractivity contribution in [2.75, 3.05) is 0 Å². The van der Waals surface area contributed by atoms with Gasteiger partial charge in [0, 0.05) is 5.92 Å². The molecule has 0 aromatic heterocycles. The molecule has 0 heterocycles. The average Bonchev–Trinajstić information content (AvgIpc) is 2.07. The fourth-order valence-electron chi connectivity index (χ4n) is 1.46. The molecule has 0 aliphatic heterocycles. The van der Waals surface area contributed by atoms with E-state index in [1.165, 1.54) is 12.8 Å². The second-order valence-electron chi connectivity index (χ2n) is 3.04. The highest BCUT2D eigenvalue weighted by Gasteiger charge is 2.14. The molecule has 0 saturated heterocycles. The van der Waals surface area contributed by atoms with Gasteiger partial charge in [0.1, 0.15) is 0 Å². The van der Waals surface area contributed by atoms with E-state index >= 15 is 0 Å². The van der Waals surface area contributed by atoms with Crippen molar-refractivity contribution < 1.29 is 5.11 Å². The van der Waals surface area contributed by atoms with E-state index in [2.05, 4.69) is 12.2 Å². The summed E-state index contributed by atoms with van der Waals surface area (Å²) in [5.74, 6) is 0.361. The summed E-state index contributed by atoms with van der Waals surface area (Å²) in [7, 11) is 0. The molecule has 0 amide bonds. The standard InChI is InChI=1S/C10H16O/c1-2-6-10(11)9-7-4-3-5-8-9/h2,4,6-7,9-11H,3,5,8H2,1H3. The van der Waals surface area contributed by atoms with E-state index in [1.54, 1.807) is 0 Å². The van der Waals surface area contributed by atoms with Gasteiger partial charge < -0.3 is 5.11 Å². The largest absolute Gasteiger partial charge is 0.388 e. The van der Waals surface area contributed by atoms with Crippen molar-refractivity contribution in [3.63, 3.8) is 0 Å². The van der Waals surface area contributed by atoms with E-state index in [4.69, 9.17) is 0 Å². The molecule has 1 N–H and O–H groups in total. The number of rotatable bonds is 2. The second-order valence-corrected chi connectivity index (χ2v) is 3.04. The van der Waals surface area contributed by atoms with Crippen molar-refractivity contribution in [1.82, 2.24) is 0 Å². The third kappa shape index (κ3) is 2.51. The van der Waals surface area contributed by atoms with Crippen LogP contribution in [0.2, 0.25) is 0 Å². The SMILES string of the molecule is CC=CC(O)C1C=CCCC1. The fraction of sp³-hybridized carbons (Fsp3) is 0.600. The molecule has 2 unspecified atom stereocenters. The highest BCUT2D eigenvalue weighted by molar-refractivity contribution is 5.01. The Kier molecular flexibility index (Phi) is 3.37. The summed E-state index contributed by atoms with van der Waals surface area (Å²) in [4.78, 5) is 0. The molecule has 1 heteroatoms. The van der Waals surface area contributed by atoms with E-state index in [0.29, 0.717) is 5.92 Å². The minimum Gasteiger partial charge on any atom is -0.388 e. The van der Waals surface area contributed by atoms with E-state index in [9.17, 15) is 5.11 Å². The molecule has 2 atom stereocenters. The van der Waals surface area contributed by atoms with Crippen molar-refractivity contribution in [3.8, 4) is 0 Å². The van der Waals surface area contributed by atoms with Crippen LogP contribution < -0.4 is 0 Å². The molecular weight excluding hydrogens is 136 g/mol. The Morgan fingerprint density at radius 2 is 2.45 bits per heavy atom. The quantitative estimate of drug-likeness (QED) is 0.602. The minimum atomic E-state index is -0.267. The number of hydrogen-bond donors (Lipinski definition) is 1. The molecule has 1 aliphatic rings. The van der Waals surface area contributed by atoms with Crippen molar-refractivity contribution in [2.45, 2.75) is 32.3 Å². The van der Waals surface area contributed by atoms with Gasteiger partial charge in [0.2, 0.25) is 0 Å². The molecule has 0 bridgehead atoms. The van der Waals surface area contributed by atoms with Crippen molar-refractivity contribution in [2.24, 2.45) is 5.92 Å². The topological polar surface area (TPSA) is 20.2 Å². The van der Waals surface area contributed by atoms with Gasteiger partial charge in [0.25, 0.3) is 0 Å².